The van der Waals surface area contributed by atoms with Crippen LogP contribution in [0.3, 0.4) is 0 Å². The van der Waals surface area contributed by atoms with E-state index in [1.807, 2.05) is 0 Å². The number of non-ortho nitro benzene ring substituents is 1. The molecule has 1 heterocycles. The molecular formula is C18H14N4O5. The van der Waals surface area contributed by atoms with E-state index >= 15 is 0 Å². The summed E-state index contributed by atoms with van der Waals surface area (Å²) in [6.45, 7) is 0. The second-order valence-corrected chi connectivity index (χ2v) is 5.27. The number of nitrogens with one attached hydrogen (secondary N) is 1. The van der Waals surface area contributed by atoms with E-state index in [0.717, 1.165) is 0 Å². The monoisotopic (exact) mass is 366 g/mol. The van der Waals surface area contributed by atoms with Crippen LogP contribution in [0, 0.1) is 10.1 Å². The van der Waals surface area contributed by atoms with Crippen LogP contribution >= 0.6 is 0 Å². The fraction of sp³-hybridized carbons (Fsp3) is 0.0556. The largest absolute Gasteiger partial charge is 0.465 e. The van der Waals surface area contributed by atoms with E-state index in [2.05, 4.69) is 15.3 Å². The SMILES string of the molecule is COC(=O)c1cc([N+](=O)[O-])ccc1Nc1ccc(Oc2cnccn2)cc1. The lowest BCUT2D eigenvalue weighted by molar-refractivity contribution is -0.384. The molecule has 27 heavy (non-hydrogen) atoms. The molecule has 3 rings (SSSR count). The van der Waals surface area contributed by atoms with Crippen molar-refractivity contribution in [2.45, 2.75) is 0 Å². The molecule has 0 aliphatic heterocycles. The summed E-state index contributed by atoms with van der Waals surface area (Å²) in [7, 11) is 1.21. The van der Waals surface area contributed by atoms with E-state index in [4.69, 9.17) is 9.47 Å². The Kier molecular flexibility index (Phi) is 5.22. The van der Waals surface area contributed by atoms with E-state index in [0.29, 0.717) is 23.0 Å². The van der Waals surface area contributed by atoms with Crippen molar-refractivity contribution in [2.24, 2.45) is 0 Å². The van der Waals surface area contributed by atoms with Crippen LogP contribution in [0.2, 0.25) is 0 Å². The average Bonchev–Trinajstić information content (AvgIpc) is 2.70. The Morgan fingerprint density at radius 1 is 1.15 bits per heavy atom. The molecule has 9 heteroatoms. The van der Waals surface area contributed by atoms with Crippen molar-refractivity contribution in [1.29, 1.82) is 0 Å². The quantitative estimate of drug-likeness (QED) is 0.399. The van der Waals surface area contributed by atoms with Gasteiger partial charge in [0.1, 0.15) is 5.75 Å². The molecule has 1 aromatic heterocycles. The van der Waals surface area contributed by atoms with Gasteiger partial charge in [0, 0.05) is 30.2 Å². The van der Waals surface area contributed by atoms with Crippen molar-refractivity contribution < 1.29 is 19.2 Å². The summed E-state index contributed by atoms with van der Waals surface area (Å²) in [5.41, 5.74) is 0.899. The number of anilines is 2. The smallest absolute Gasteiger partial charge is 0.340 e. The normalized spacial score (nSPS) is 10.1. The molecule has 136 valence electrons. The molecule has 0 amide bonds. The van der Waals surface area contributed by atoms with Crippen LogP contribution in [-0.2, 0) is 4.74 Å². The molecule has 0 radical (unpaired) electrons. The van der Waals surface area contributed by atoms with Gasteiger partial charge >= 0.3 is 5.97 Å². The number of carbonyl (C=O) groups excluding carboxylic acids is 1. The zero-order valence-electron chi connectivity index (χ0n) is 14.2. The zero-order chi connectivity index (χ0) is 19.2. The van der Waals surface area contributed by atoms with Gasteiger partial charge in [0.25, 0.3) is 5.69 Å². The summed E-state index contributed by atoms with van der Waals surface area (Å²) in [5, 5.41) is 14.0. The third-order valence-electron chi connectivity index (χ3n) is 3.51. The minimum Gasteiger partial charge on any atom is -0.465 e. The lowest BCUT2D eigenvalue weighted by Crippen LogP contribution is -2.06. The molecule has 0 spiro atoms. The van der Waals surface area contributed by atoms with Gasteiger partial charge < -0.3 is 14.8 Å². The van der Waals surface area contributed by atoms with Crippen LogP contribution in [-0.4, -0.2) is 28.0 Å². The molecule has 0 atom stereocenters. The molecule has 0 bridgehead atoms. The number of nitro groups is 1. The first-order chi connectivity index (χ1) is 13.1. The van der Waals surface area contributed by atoms with E-state index in [9.17, 15) is 14.9 Å². The molecule has 0 aliphatic carbocycles. The Hall–Kier alpha value is -4.01. The average molecular weight is 366 g/mol. The lowest BCUT2D eigenvalue weighted by atomic mass is 10.1. The van der Waals surface area contributed by atoms with Gasteiger partial charge in [-0.3, -0.25) is 15.1 Å². The van der Waals surface area contributed by atoms with E-state index in [1.54, 1.807) is 30.5 Å². The van der Waals surface area contributed by atoms with Crippen molar-refractivity contribution in [1.82, 2.24) is 9.97 Å². The number of ether oxygens (including phenoxy) is 2. The maximum absolute atomic E-state index is 11.9. The lowest BCUT2D eigenvalue weighted by Gasteiger charge is -2.11. The highest BCUT2D eigenvalue weighted by atomic mass is 16.6. The van der Waals surface area contributed by atoms with Crippen LogP contribution in [0.15, 0.2) is 61.1 Å². The van der Waals surface area contributed by atoms with Gasteiger partial charge in [0.05, 0.1) is 29.5 Å². The Morgan fingerprint density at radius 2 is 1.93 bits per heavy atom. The molecule has 0 aliphatic rings. The van der Waals surface area contributed by atoms with Crippen LogP contribution in [0.4, 0.5) is 17.1 Å². The number of hydrogen-bond donors (Lipinski definition) is 1. The highest BCUT2D eigenvalue weighted by Crippen LogP contribution is 2.27. The number of methoxy groups -OCH3 is 1. The summed E-state index contributed by atoms with van der Waals surface area (Å²) < 4.78 is 10.3. The van der Waals surface area contributed by atoms with Crippen LogP contribution in [0.5, 0.6) is 11.6 Å². The topological polar surface area (TPSA) is 116 Å². The van der Waals surface area contributed by atoms with Gasteiger partial charge in [-0.15, -0.1) is 0 Å². The number of hydrogen-bond acceptors (Lipinski definition) is 8. The highest BCUT2D eigenvalue weighted by molar-refractivity contribution is 5.97. The zero-order valence-corrected chi connectivity index (χ0v) is 14.2. The second kappa shape index (κ2) is 7.91. The van der Waals surface area contributed by atoms with Gasteiger partial charge in [0.15, 0.2) is 0 Å². The maximum Gasteiger partial charge on any atom is 0.340 e. The number of benzene rings is 2. The summed E-state index contributed by atoms with van der Waals surface area (Å²) in [6, 6.07) is 10.8. The number of esters is 1. The molecule has 9 nitrogen and oxygen atoms in total. The number of rotatable bonds is 6. The first-order valence-electron chi connectivity index (χ1n) is 7.74. The molecular weight excluding hydrogens is 352 g/mol. The van der Waals surface area contributed by atoms with Gasteiger partial charge in [-0.25, -0.2) is 9.78 Å². The van der Waals surface area contributed by atoms with Crippen LogP contribution in [0.25, 0.3) is 0 Å². The van der Waals surface area contributed by atoms with Gasteiger partial charge in [-0.2, -0.15) is 0 Å². The van der Waals surface area contributed by atoms with Gasteiger partial charge in [0.2, 0.25) is 5.88 Å². The molecule has 0 saturated carbocycles. The number of nitrogens with zero attached hydrogens (tertiary/aromatic N) is 3. The van der Waals surface area contributed by atoms with Crippen molar-refractivity contribution in [3.63, 3.8) is 0 Å². The summed E-state index contributed by atoms with van der Waals surface area (Å²) >= 11 is 0. The Morgan fingerprint density at radius 3 is 2.56 bits per heavy atom. The third kappa shape index (κ3) is 4.34. The Labute approximate surface area is 153 Å². The summed E-state index contributed by atoms with van der Waals surface area (Å²) in [6.07, 6.45) is 4.56. The highest BCUT2D eigenvalue weighted by Gasteiger charge is 2.17. The number of nitro benzene ring substituents is 1. The molecule has 2 aromatic carbocycles. The minimum atomic E-state index is -0.677. The standard InChI is InChI=1S/C18H14N4O5/c1-26-18(23)15-10-13(22(24)25)4-7-16(15)21-12-2-5-14(6-3-12)27-17-11-19-8-9-20-17/h2-11,21H,1H3. The predicted octanol–water partition coefficient (Wildman–Crippen LogP) is 3.71. The molecule has 3 aromatic rings. The van der Waals surface area contributed by atoms with Crippen molar-refractivity contribution in [3.8, 4) is 11.6 Å². The van der Waals surface area contributed by atoms with Gasteiger partial charge in [-0.05, 0) is 30.3 Å². The minimum absolute atomic E-state index is 0.0617. The first kappa shape index (κ1) is 17.8. The molecule has 1 N–H and O–H groups in total. The summed E-state index contributed by atoms with van der Waals surface area (Å²) in [5.74, 6) is 0.239. The first-order valence-corrected chi connectivity index (χ1v) is 7.74. The van der Waals surface area contributed by atoms with Crippen LogP contribution in [0.1, 0.15) is 10.4 Å². The van der Waals surface area contributed by atoms with Crippen molar-refractivity contribution in [3.05, 3.63) is 76.7 Å². The van der Waals surface area contributed by atoms with Crippen molar-refractivity contribution >= 4 is 23.0 Å². The fourth-order valence-corrected chi connectivity index (χ4v) is 2.25. The second-order valence-electron chi connectivity index (χ2n) is 5.27. The Bertz CT molecular complexity index is 961. The number of carbonyl (C=O) groups is 1. The van der Waals surface area contributed by atoms with E-state index in [-0.39, 0.29) is 11.3 Å². The summed E-state index contributed by atoms with van der Waals surface area (Å²) in [4.78, 5) is 30.2. The molecule has 0 saturated heterocycles. The van der Waals surface area contributed by atoms with E-state index < -0.39 is 10.9 Å². The molecule has 0 unspecified atom stereocenters. The third-order valence-corrected chi connectivity index (χ3v) is 3.51. The maximum atomic E-state index is 11.9. The predicted molar refractivity (Wildman–Crippen MR) is 96.3 cm³/mol. The fourth-order valence-electron chi connectivity index (χ4n) is 2.25. The van der Waals surface area contributed by atoms with Crippen LogP contribution < -0.4 is 10.1 Å². The molecule has 0 fully saturated rings. The van der Waals surface area contributed by atoms with Crippen molar-refractivity contribution in [2.75, 3.05) is 12.4 Å². The van der Waals surface area contributed by atoms with E-state index in [1.165, 1.54) is 37.7 Å². The Balaban J connectivity index is 1.80. The number of aromatic nitrogens is 2. The van der Waals surface area contributed by atoms with Gasteiger partial charge in [-0.1, -0.05) is 0 Å².